The predicted molar refractivity (Wildman–Crippen MR) is 61.9 cm³/mol. The third-order valence-electron chi connectivity index (χ3n) is 3.02. The molecule has 0 aromatic rings. The number of rotatable bonds is 4. The van der Waals surface area contributed by atoms with Crippen LogP contribution in [0.4, 0.5) is 0 Å². The average Bonchev–Trinajstić information content (AvgIpc) is 2.02. The molecule has 0 bridgehead atoms. The van der Waals surface area contributed by atoms with E-state index >= 15 is 0 Å². The van der Waals surface area contributed by atoms with Crippen LogP contribution in [0, 0.1) is 11.3 Å². The van der Waals surface area contributed by atoms with E-state index in [1.54, 1.807) is 0 Å². The lowest BCUT2D eigenvalue weighted by atomic mass is 9.77. The van der Waals surface area contributed by atoms with Gasteiger partial charge in [-0.15, -0.1) is 11.6 Å². The third-order valence-corrected chi connectivity index (χ3v) is 3.17. The van der Waals surface area contributed by atoms with Gasteiger partial charge in [-0.05, 0) is 43.9 Å². The van der Waals surface area contributed by atoms with Crippen molar-refractivity contribution in [1.29, 1.82) is 0 Å². The Morgan fingerprint density at radius 2 is 1.93 bits per heavy atom. The summed E-state index contributed by atoms with van der Waals surface area (Å²) in [6.45, 7) is 8.67. The smallest absolute Gasteiger partial charge is 0.0468 e. The van der Waals surface area contributed by atoms with E-state index in [4.69, 9.17) is 16.3 Å². The number of halogens is 1. The van der Waals surface area contributed by atoms with Gasteiger partial charge in [0.05, 0.1) is 0 Å². The highest BCUT2D eigenvalue weighted by Gasteiger charge is 2.25. The Morgan fingerprint density at radius 3 is 2.43 bits per heavy atom. The van der Waals surface area contributed by atoms with Crippen LogP contribution in [-0.4, -0.2) is 18.6 Å². The highest BCUT2D eigenvalue weighted by atomic mass is 35.5. The lowest BCUT2D eigenvalue weighted by molar-refractivity contribution is 0.0502. The van der Waals surface area contributed by atoms with Gasteiger partial charge in [0.15, 0.2) is 0 Å². The van der Waals surface area contributed by atoms with Crippen molar-refractivity contribution < 1.29 is 4.74 Å². The van der Waals surface area contributed by atoms with Crippen molar-refractivity contribution in [3.05, 3.63) is 0 Å². The Labute approximate surface area is 93.2 Å². The minimum Gasteiger partial charge on any atom is -0.381 e. The summed E-state index contributed by atoms with van der Waals surface area (Å²) in [4.78, 5) is 0. The van der Waals surface area contributed by atoms with Crippen molar-refractivity contribution in [1.82, 2.24) is 0 Å². The molecule has 0 saturated carbocycles. The molecule has 0 radical (unpaired) electrons. The molecule has 0 spiro atoms. The van der Waals surface area contributed by atoms with Gasteiger partial charge in [-0.1, -0.05) is 13.8 Å². The van der Waals surface area contributed by atoms with E-state index in [2.05, 4.69) is 20.8 Å². The van der Waals surface area contributed by atoms with Gasteiger partial charge in [-0.2, -0.15) is 0 Å². The molecule has 14 heavy (non-hydrogen) atoms. The second-order valence-electron chi connectivity index (χ2n) is 5.41. The summed E-state index contributed by atoms with van der Waals surface area (Å²) in [6, 6.07) is 0. The zero-order chi connectivity index (χ0) is 10.6. The summed E-state index contributed by atoms with van der Waals surface area (Å²) in [6.07, 6.45) is 4.89. The average molecular weight is 219 g/mol. The normalized spacial score (nSPS) is 22.3. The Bertz CT molecular complexity index is 160. The molecule has 1 saturated heterocycles. The standard InChI is InChI=1S/C12H23ClO/c1-10(13)8-12(2,3)9-11-4-6-14-7-5-11/h10-11H,4-9H2,1-3H3. The molecule has 1 fully saturated rings. The minimum atomic E-state index is 0.296. The number of hydrogen-bond donors (Lipinski definition) is 0. The Kier molecular flexibility index (Phi) is 4.72. The first-order chi connectivity index (χ1) is 6.49. The van der Waals surface area contributed by atoms with Crippen LogP contribution >= 0.6 is 11.6 Å². The molecule has 1 heterocycles. The SMILES string of the molecule is CC(Cl)CC(C)(C)CC1CCOCC1. The van der Waals surface area contributed by atoms with Gasteiger partial charge in [-0.25, -0.2) is 0 Å². The topological polar surface area (TPSA) is 9.23 Å². The van der Waals surface area contributed by atoms with Crippen LogP contribution in [0.25, 0.3) is 0 Å². The van der Waals surface area contributed by atoms with Gasteiger partial charge in [0.1, 0.15) is 0 Å². The summed E-state index contributed by atoms with van der Waals surface area (Å²) in [5, 5.41) is 0.296. The van der Waals surface area contributed by atoms with Gasteiger partial charge in [-0.3, -0.25) is 0 Å². The van der Waals surface area contributed by atoms with E-state index < -0.39 is 0 Å². The molecule has 1 aliphatic rings. The highest BCUT2D eigenvalue weighted by Crippen LogP contribution is 2.35. The van der Waals surface area contributed by atoms with Gasteiger partial charge in [0.25, 0.3) is 0 Å². The molecule has 1 atom stereocenters. The Balaban J connectivity index is 2.32. The molecule has 0 N–H and O–H groups in total. The van der Waals surface area contributed by atoms with Crippen molar-refractivity contribution in [3.63, 3.8) is 0 Å². The molecule has 0 aliphatic carbocycles. The van der Waals surface area contributed by atoms with Gasteiger partial charge in [0, 0.05) is 18.6 Å². The summed E-state index contributed by atoms with van der Waals surface area (Å²) >= 11 is 6.06. The van der Waals surface area contributed by atoms with E-state index in [0.717, 1.165) is 25.6 Å². The van der Waals surface area contributed by atoms with E-state index in [0.29, 0.717) is 10.8 Å². The number of ether oxygens (including phenoxy) is 1. The Hall–Kier alpha value is 0.250. The fraction of sp³-hybridized carbons (Fsp3) is 1.00. The summed E-state index contributed by atoms with van der Waals surface area (Å²) in [5.74, 6) is 0.856. The molecule has 1 rings (SSSR count). The van der Waals surface area contributed by atoms with E-state index in [1.807, 2.05) is 0 Å². The van der Waals surface area contributed by atoms with Crippen LogP contribution < -0.4 is 0 Å². The lowest BCUT2D eigenvalue weighted by Gasteiger charge is -2.32. The van der Waals surface area contributed by atoms with E-state index in [9.17, 15) is 0 Å². The first-order valence-corrected chi connectivity index (χ1v) is 6.15. The predicted octanol–water partition coefficient (Wildman–Crippen LogP) is 3.85. The van der Waals surface area contributed by atoms with E-state index in [-0.39, 0.29) is 0 Å². The molecule has 84 valence electrons. The Morgan fingerprint density at radius 1 is 1.36 bits per heavy atom. The first kappa shape index (κ1) is 12.3. The summed E-state index contributed by atoms with van der Waals surface area (Å²) in [5.41, 5.74) is 0.392. The minimum absolute atomic E-state index is 0.296. The van der Waals surface area contributed by atoms with Gasteiger partial charge in [0.2, 0.25) is 0 Å². The van der Waals surface area contributed by atoms with Crippen molar-refractivity contribution >= 4 is 11.6 Å². The second kappa shape index (κ2) is 5.37. The quantitative estimate of drug-likeness (QED) is 0.652. The summed E-state index contributed by atoms with van der Waals surface area (Å²) in [7, 11) is 0. The van der Waals surface area contributed by atoms with Gasteiger partial charge >= 0.3 is 0 Å². The molecular formula is C12H23ClO. The maximum atomic E-state index is 6.06. The van der Waals surface area contributed by atoms with E-state index in [1.165, 1.54) is 19.3 Å². The monoisotopic (exact) mass is 218 g/mol. The van der Waals surface area contributed by atoms with Crippen molar-refractivity contribution in [2.45, 2.75) is 51.8 Å². The maximum Gasteiger partial charge on any atom is 0.0468 e. The van der Waals surface area contributed by atoms with Crippen LogP contribution in [0.15, 0.2) is 0 Å². The third kappa shape index (κ3) is 4.65. The second-order valence-corrected chi connectivity index (χ2v) is 6.15. The first-order valence-electron chi connectivity index (χ1n) is 5.71. The molecule has 0 aromatic heterocycles. The molecule has 0 amide bonds. The van der Waals surface area contributed by atoms with Crippen molar-refractivity contribution in [2.75, 3.05) is 13.2 Å². The molecule has 1 unspecified atom stereocenters. The maximum absolute atomic E-state index is 6.06. The fourth-order valence-corrected chi connectivity index (χ4v) is 2.99. The van der Waals surface area contributed by atoms with Gasteiger partial charge < -0.3 is 4.74 Å². The summed E-state index contributed by atoms with van der Waals surface area (Å²) < 4.78 is 5.37. The highest BCUT2D eigenvalue weighted by molar-refractivity contribution is 6.20. The van der Waals surface area contributed by atoms with Crippen LogP contribution in [0.3, 0.4) is 0 Å². The molecule has 0 aromatic carbocycles. The number of hydrogen-bond acceptors (Lipinski definition) is 1. The largest absolute Gasteiger partial charge is 0.381 e. The fourth-order valence-electron chi connectivity index (χ4n) is 2.58. The van der Waals surface area contributed by atoms with Crippen LogP contribution in [0.1, 0.15) is 46.5 Å². The van der Waals surface area contributed by atoms with Crippen LogP contribution in [-0.2, 0) is 4.74 Å². The zero-order valence-corrected chi connectivity index (χ0v) is 10.4. The van der Waals surface area contributed by atoms with Crippen molar-refractivity contribution in [2.24, 2.45) is 11.3 Å². The number of alkyl halides is 1. The lowest BCUT2D eigenvalue weighted by Crippen LogP contribution is -2.24. The van der Waals surface area contributed by atoms with Crippen molar-refractivity contribution in [3.8, 4) is 0 Å². The molecule has 1 nitrogen and oxygen atoms in total. The molecule has 1 aliphatic heterocycles. The van der Waals surface area contributed by atoms with Crippen LogP contribution in [0.2, 0.25) is 0 Å². The molecular weight excluding hydrogens is 196 g/mol. The zero-order valence-electron chi connectivity index (χ0n) is 9.68. The molecule has 2 heteroatoms. The van der Waals surface area contributed by atoms with Crippen LogP contribution in [0.5, 0.6) is 0 Å².